The zero-order valence-corrected chi connectivity index (χ0v) is 16.0. The number of halogens is 1. The molecule has 3 N–H and O–H groups in total. The Bertz CT molecular complexity index is 467. The fraction of sp³-hybridized carbons (Fsp3) is 0.562. The normalized spacial score (nSPS) is 11.8. The van der Waals surface area contributed by atoms with E-state index in [2.05, 4.69) is 51.0 Å². The lowest BCUT2D eigenvalue weighted by Crippen LogP contribution is -2.44. The van der Waals surface area contributed by atoms with E-state index in [0.29, 0.717) is 12.5 Å². The van der Waals surface area contributed by atoms with Crippen molar-refractivity contribution in [3.63, 3.8) is 0 Å². The Kier molecular flexibility index (Phi) is 8.70. The number of hydrogen-bond donors (Lipinski definition) is 2. The van der Waals surface area contributed by atoms with Crippen LogP contribution in [-0.4, -0.2) is 18.1 Å². The summed E-state index contributed by atoms with van der Waals surface area (Å²) < 4.78 is 5.77. The highest BCUT2D eigenvalue weighted by Crippen LogP contribution is 2.21. The molecule has 0 atom stereocenters. The molecule has 120 valence electrons. The van der Waals surface area contributed by atoms with Gasteiger partial charge in [-0.1, -0.05) is 19.1 Å². The maximum atomic E-state index is 5.89. The van der Waals surface area contributed by atoms with Gasteiger partial charge in [-0.3, -0.25) is 0 Å². The van der Waals surface area contributed by atoms with Gasteiger partial charge >= 0.3 is 0 Å². The minimum Gasteiger partial charge on any atom is -0.493 e. The fourth-order valence-electron chi connectivity index (χ4n) is 1.73. The molecule has 21 heavy (non-hydrogen) atoms. The van der Waals surface area contributed by atoms with Gasteiger partial charge in [0.05, 0.1) is 13.2 Å². The van der Waals surface area contributed by atoms with Gasteiger partial charge in [0.15, 0.2) is 5.96 Å². The molecule has 0 aromatic heterocycles. The third kappa shape index (κ3) is 8.14. The second-order valence-corrected chi connectivity index (χ2v) is 6.04. The Morgan fingerprint density at radius 2 is 2.00 bits per heavy atom. The topological polar surface area (TPSA) is 59.6 Å². The van der Waals surface area contributed by atoms with E-state index in [1.807, 2.05) is 12.1 Å². The van der Waals surface area contributed by atoms with Crippen molar-refractivity contribution in [1.29, 1.82) is 0 Å². The number of nitrogens with zero attached hydrogens (tertiary/aromatic N) is 1. The quantitative estimate of drug-likeness (QED) is 0.447. The van der Waals surface area contributed by atoms with E-state index in [4.69, 9.17) is 10.5 Å². The Morgan fingerprint density at radius 3 is 2.57 bits per heavy atom. The van der Waals surface area contributed by atoms with Gasteiger partial charge in [0.2, 0.25) is 0 Å². The van der Waals surface area contributed by atoms with E-state index < -0.39 is 0 Å². The average Bonchev–Trinajstić information content (AvgIpc) is 2.33. The molecule has 5 heteroatoms. The third-order valence-corrected chi connectivity index (χ3v) is 2.61. The van der Waals surface area contributed by atoms with Crippen LogP contribution in [0.5, 0.6) is 5.75 Å². The van der Waals surface area contributed by atoms with E-state index in [-0.39, 0.29) is 29.5 Å². The van der Waals surface area contributed by atoms with Gasteiger partial charge in [0, 0.05) is 11.1 Å². The molecule has 0 fully saturated rings. The van der Waals surface area contributed by atoms with Crippen molar-refractivity contribution in [2.24, 2.45) is 10.7 Å². The first-order valence-corrected chi connectivity index (χ1v) is 7.12. The SMILES string of the molecule is CCCOc1cc(C)ccc1CN=C(N)NC(C)(C)C.I. The van der Waals surface area contributed by atoms with Crippen LogP contribution in [0.3, 0.4) is 0 Å². The van der Waals surface area contributed by atoms with Crippen molar-refractivity contribution in [1.82, 2.24) is 5.32 Å². The second-order valence-electron chi connectivity index (χ2n) is 6.04. The van der Waals surface area contributed by atoms with Gasteiger partial charge in [0.1, 0.15) is 5.75 Å². The summed E-state index contributed by atoms with van der Waals surface area (Å²) in [6.45, 7) is 11.6. The van der Waals surface area contributed by atoms with Gasteiger partial charge in [-0.2, -0.15) is 0 Å². The Hall–Kier alpha value is -0.980. The zero-order valence-electron chi connectivity index (χ0n) is 13.7. The van der Waals surface area contributed by atoms with Crippen LogP contribution in [0.1, 0.15) is 45.2 Å². The molecule has 1 aromatic carbocycles. The summed E-state index contributed by atoms with van der Waals surface area (Å²) in [6.07, 6.45) is 0.990. The molecule has 0 aliphatic rings. The van der Waals surface area contributed by atoms with E-state index in [9.17, 15) is 0 Å². The van der Waals surface area contributed by atoms with E-state index in [0.717, 1.165) is 24.3 Å². The van der Waals surface area contributed by atoms with Gasteiger partial charge in [-0.05, 0) is 45.7 Å². The van der Waals surface area contributed by atoms with Gasteiger partial charge < -0.3 is 15.8 Å². The summed E-state index contributed by atoms with van der Waals surface area (Å²) in [5, 5.41) is 3.15. The van der Waals surface area contributed by atoms with Crippen LogP contribution in [0, 0.1) is 6.92 Å². The average molecular weight is 405 g/mol. The van der Waals surface area contributed by atoms with Crippen molar-refractivity contribution in [3.05, 3.63) is 29.3 Å². The molecule has 0 saturated carbocycles. The molecular formula is C16H28IN3O. The van der Waals surface area contributed by atoms with Crippen molar-refractivity contribution in [2.75, 3.05) is 6.61 Å². The smallest absolute Gasteiger partial charge is 0.189 e. The largest absolute Gasteiger partial charge is 0.493 e. The molecule has 0 bridgehead atoms. The fourth-order valence-corrected chi connectivity index (χ4v) is 1.73. The number of aliphatic imine (C=N–C) groups is 1. The van der Waals surface area contributed by atoms with Crippen LogP contribution in [-0.2, 0) is 6.54 Å². The molecule has 0 saturated heterocycles. The van der Waals surface area contributed by atoms with Crippen molar-refractivity contribution >= 4 is 29.9 Å². The van der Waals surface area contributed by atoms with Gasteiger partial charge in [-0.15, -0.1) is 24.0 Å². The minimum atomic E-state index is -0.0810. The summed E-state index contributed by atoms with van der Waals surface area (Å²) >= 11 is 0. The molecule has 0 aliphatic carbocycles. The Labute approximate surface area is 145 Å². The van der Waals surface area contributed by atoms with Crippen LogP contribution in [0.2, 0.25) is 0 Å². The Balaban J connectivity index is 0.00000400. The molecule has 1 rings (SSSR count). The maximum absolute atomic E-state index is 5.89. The number of benzene rings is 1. The second kappa shape index (κ2) is 9.12. The van der Waals surface area contributed by atoms with Crippen molar-refractivity contribution < 1.29 is 4.74 Å². The maximum Gasteiger partial charge on any atom is 0.189 e. The molecule has 0 amide bonds. The van der Waals surface area contributed by atoms with Crippen molar-refractivity contribution in [3.8, 4) is 5.75 Å². The summed E-state index contributed by atoms with van der Waals surface area (Å²) in [5.74, 6) is 1.36. The molecule has 0 heterocycles. The van der Waals surface area contributed by atoms with Crippen LogP contribution in [0.15, 0.2) is 23.2 Å². The number of nitrogens with two attached hydrogens (primary N) is 1. The number of hydrogen-bond acceptors (Lipinski definition) is 2. The predicted octanol–water partition coefficient (Wildman–Crippen LogP) is 3.60. The van der Waals surface area contributed by atoms with E-state index in [1.54, 1.807) is 0 Å². The molecular weight excluding hydrogens is 377 g/mol. The molecule has 1 aromatic rings. The summed E-state index contributed by atoms with van der Waals surface area (Å²) in [6, 6.07) is 6.17. The van der Waals surface area contributed by atoms with Crippen LogP contribution in [0.4, 0.5) is 0 Å². The molecule has 4 nitrogen and oxygen atoms in total. The first kappa shape index (κ1) is 20.0. The highest BCUT2D eigenvalue weighted by atomic mass is 127. The Morgan fingerprint density at radius 1 is 1.33 bits per heavy atom. The molecule has 0 spiro atoms. The lowest BCUT2D eigenvalue weighted by Gasteiger charge is -2.21. The zero-order chi connectivity index (χ0) is 15.2. The number of ether oxygens (including phenoxy) is 1. The summed E-state index contributed by atoms with van der Waals surface area (Å²) in [4.78, 5) is 4.38. The number of rotatable bonds is 5. The summed E-state index contributed by atoms with van der Waals surface area (Å²) in [5.41, 5.74) is 8.05. The standard InChI is InChI=1S/C16H27N3O.HI/c1-6-9-20-14-10-12(2)7-8-13(14)11-18-15(17)19-16(3,4)5;/h7-8,10H,6,9,11H2,1-5H3,(H3,17,18,19);1H. The van der Waals surface area contributed by atoms with Gasteiger partial charge in [-0.25, -0.2) is 4.99 Å². The number of guanidine groups is 1. The lowest BCUT2D eigenvalue weighted by atomic mass is 10.1. The van der Waals surface area contributed by atoms with E-state index in [1.165, 1.54) is 5.56 Å². The molecule has 0 unspecified atom stereocenters. The van der Waals surface area contributed by atoms with Crippen LogP contribution >= 0.6 is 24.0 Å². The summed E-state index contributed by atoms with van der Waals surface area (Å²) in [7, 11) is 0. The van der Waals surface area contributed by atoms with Crippen molar-refractivity contribution in [2.45, 2.75) is 53.1 Å². The first-order valence-electron chi connectivity index (χ1n) is 7.12. The monoisotopic (exact) mass is 405 g/mol. The molecule has 0 radical (unpaired) electrons. The predicted molar refractivity (Wildman–Crippen MR) is 101 cm³/mol. The van der Waals surface area contributed by atoms with Gasteiger partial charge in [0.25, 0.3) is 0 Å². The lowest BCUT2D eigenvalue weighted by molar-refractivity contribution is 0.314. The van der Waals surface area contributed by atoms with E-state index >= 15 is 0 Å². The highest BCUT2D eigenvalue weighted by Gasteiger charge is 2.10. The number of aryl methyl sites for hydroxylation is 1. The third-order valence-electron chi connectivity index (χ3n) is 2.61. The first-order chi connectivity index (χ1) is 9.31. The van der Waals surface area contributed by atoms with Crippen LogP contribution < -0.4 is 15.8 Å². The highest BCUT2D eigenvalue weighted by molar-refractivity contribution is 14.0. The van der Waals surface area contributed by atoms with Crippen LogP contribution in [0.25, 0.3) is 0 Å². The molecule has 0 aliphatic heterocycles. The number of nitrogens with one attached hydrogen (secondary N) is 1. The minimum absolute atomic E-state index is 0.